The van der Waals surface area contributed by atoms with Gasteiger partial charge in [0.05, 0.1) is 18.4 Å². The highest BCUT2D eigenvalue weighted by molar-refractivity contribution is 6.13. The number of rotatable bonds is 6. The third kappa shape index (κ3) is 4.41. The molecule has 0 spiro atoms. The molecule has 0 unspecified atom stereocenters. The summed E-state index contributed by atoms with van der Waals surface area (Å²) in [4.78, 5) is 40.5. The van der Waals surface area contributed by atoms with E-state index < -0.39 is 40.3 Å². The summed E-state index contributed by atoms with van der Waals surface area (Å²) in [6, 6.07) is 3.13. The Morgan fingerprint density at radius 1 is 1.18 bits per heavy atom. The first-order valence-corrected chi connectivity index (χ1v) is 11.9. The third-order valence-corrected chi connectivity index (χ3v) is 7.27. The molecule has 2 amide bonds. The van der Waals surface area contributed by atoms with E-state index in [0.29, 0.717) is 12.3 Å². The summed E-state index contributed by atoms with van der Waals surface area (Å²) in [5.74, 6) is -2.38. The van der Waals surface area contributed by atoms with Gasteiger partial charge < -0.3 is 14.6 Å². The van der Waals surface area contributed by atoms with Crippen molar-refractivity contribution in [1.82, 2.24) is 10.2 Å². The van der Waals surface area contributed by atoms with Crippen LogP contribution in [0.4, 0.5) is 13.2 Å². The molecule has 6 nitrogen and oxygen atoms in total. The average molecular weight is 481 g/mol. The van der Waals surface area contributed by atoms with Crippen molar-refractivity contribution in [2.75, 3.05) is 0 Å². The second kappa shape index (κ2) is 8.89. The normalized spacial score (nSPS) is 25.6. The Bertz CT molecular complexity index is 990. The van der Waals surface area contributed by atoms with Crippen LogP contribution in [0.3, 0.4) is 0 Å². The SMILES string of the molecule is CC1(C)CC(=O)C2=C(C1)N(Cc1ccco1)C(=O)[C@@]2(NC(=O)CCC1CCCCC1)C(F)(F)F. The van der Waals surface area contributed by atoms with Crippen molar-refractivity contribution in [3.63, 3.8) is 0 Å². The van der Waals surface area contributed by atoms with Gasteiger partial charge in [-0.25, -0.2) is 0 Å². The maximum absolute atomic E-state index is 14.7. The van der Waals surface area contributed by atoms with E-state index >= 15 is 0 Å². The van der Waals surface area contributed by atoms with Crippen LogP contribution < -0.4 is 5.32 Å². The van der Waals surface area contributed by atoms with Crippen molar-refractivity contribution in [3.05, 3.63) is 35.4 Å². The molecule has 0 aromatic carbocycles. The minimum absolute atomic E-state index is 0.0209. The van der Waals surface area contributed by atoms with Crippen LogP contribution in [0, 0.1) is 11.3 Å². The van der Waals surface area contributed by atoms with E-state index in [1.54, 1.807) is 26.0 Å². The van der Waals surface area contributed by atoms with Gasteiger partial charge in [-0.05, 0) is 36.3 Å². The van der Waals surface area contributed by atoms with E-state index in [4.69, 9.17) is 4.42 Å². The fraction of sp³-hybridized carbons (Fsp3) is 0.640. The van der Waals surface area contributed by atoms with Gasteiger partial charge in [0.25, 0.3) is 5.91 Å². The molecule has 0 saturated heterocycles. The molecule has 1 aromatic heterocycles. The molecular weight excluding hydrogens is 449 g/mol. The standard InChI is InChI=1S/C25H31F3N2O4/c1-23(2)13-18-21(19(31)14-23)24(25(26,27)28,22(33)30(18)15-17-9-6-12-34-17)29-20(32)11-10-16-7-4-3-5-8-16/h6,9,12,16H,3-5,7-8,10-11,13-15H2,1-2H3,(H,29,32)/t24-/m1/s1. The molecule has 186 valence electrons. The highest BCUT2D eigenvalue weighted by Crippen LogP contribution is 2.52. The predicted octanol–water partition coefficient (Wildman–Crippen LogP) is 5.04. The zero-order valence-electron chi connectivity index (χ0n) is 19.6. The Kier molecular flexibility index (Phi) is 6.42. The lowest BCUT2D eigenvalue weighted by Crippen LogP contribution is -2.66. The lowest BCUT2D eigenvalue weighted by molar-refractivity contribution is -0.195. The molecule has 4 rings (SSSR count). The molecule has 2 heterocycles. The van der Waals surface area contributed by atoms with E-state index in [0.717, 1.165) is 37.0 Å². The molecule has 1 aliphatic heterocycles. The summed E-state index contributed by atoms with van der Waals surface area (Å²) in [5, 5.41) is 2.02. The molecule has 1 N–H and O–H groups in total. The first-order chi connectivity index (χ1) is 15.9. The fourth-order valence-corrected chi connectivity index (χ4v) is 5.63. The van der Waals surface area contributed by atoms with Crippen LogP contribution in [0.1, 0.15) is 77.4 Å². The van der Waals surface area contributed by atoms with E-state index in [1.807, 2.05) is 5.32 Å². The Labute approximate surface area is 196 Å². The monoisotopic (exact) mass is 480 g/mol. The number of ketones is 1. The largest absolute Gasteiger partial charge is 0.467 e. The van der Waals surface area contributed by atoms with Crippen LogP contribution in [0.15, 0.2) is 34.1 Å². The third-order valence-electron chi connectivity index (χ3n) is 7.27. The topological polar surface area (TPSA) is 79.6 Å². The summed E-state index contributed by atoms with van der Waals surface area (Å²) < 4.78 is 49.5. The van der Waals surface area contributed by atoms with Crippen molar-refractivity contribution < 1.29 is 32.0 Å². The van der Waals surface area contributed by atoms with Crippen molar-refractivity contribution in [2.24, 2.45) is 11.3 Å². The number of hydrogen-bond acceptors (Lipinski definition) is 4. The number of nitrogens with one attached hydrogen (secondary N) is 1. The van der Waals surface area contributed by atoms with Crippen LogP contribution in [-0.2, 0) is 20.9 Å². The second-order valence-electron chi connectivity index (χ2n) is 10.6. The smallest absolute Gasteiger partial charge is 0.425 e. The number of furan rings is 1. The molecule has 1 fully saturated rings. The molecule has 1 saturated carbocycles. The molecule has 2 aliphatic carbocycles. The number of Topliss-reactive ketones (excluding diaryl/α,β-unsaturated/α-hetero) is 1. The molecule has 0 bridgehead atoms. The minimum Gasteiger partial charge on any atom is -0.467 e. The molecule has 9 heteroatoms. The fourth-order valence-electron chi connectivity index (χ4n) is 5.63. The van der Waals surface area contributed by atoms with E-state index in [9.17, 15) is 27.6 Å². The van der Waals surface area contributed by atoms with Gasteiger partial charge in [-0.2, -0.15) is 13.2 Å². The van der Waals surface area contributed by atoms with Crippen molar-refractivity contribution in [2.45, 2.75) is 89.9 Å². The number of carbonyl (C=O) groups is 3. The first-order valence-electron chi connectivity index (χ1n) is 11.9. The van der Waals surface area contributed by atoms with Gasteiger partial charge in [-0.3, -0.25) is 14.4 Å². The molecule has 0 radical (unpaired) electrons. The number of amides is 2. The van der Waals surface area contributed by atoms with Gasteiger partial charge in [0, 0.05) is 18.5 Å². The lowest BCUT2D eigenvalue weighted by Gasteiger charge is -2.35. The summed E-state index contributed by atoms with van der Waals surface area (Å²) in [7, 11) is 0. The van der Waals surface area contributed by atoms with Crippen molar-refractivity contribution >= 4 is 17.6 Å². The highest BCUT2D eigenvalue weighted by Gasteiger charge is 2.71. The Hall–Kier alpha value is -2.58. The number of allylic oxidation sites excluding steroid dienone is 1. The quantitative estimate of drug-likeness (QED) is 0.619. The van der Waals surface area contributed by atoms with Crippen LogP contribution in [0.25, 0.3) is 0 Å². The Balaban J connectivity index is 1.69. The lowest BCUT2D eigenvalue weighted by atomic mass is 9.72. The number of nitrogens with zero attached hydrogens (tertiary/aromatic N) is 1. The van der Waals surface area contributed by atoms with Gasteiger partial charge in [-0.15, -0.1) is 0 Å². The minimum atomic E-state index is -5.18. The maximum atomic E-state index is 14.7. The second-order valence-corrected chi connectivity index (χ2v) is 10.6. The van der Waals surface area contributed by atoms with Gasteiger partial charge in [0.1, 0.15) is 5.76 Å². The Morgan fingerprint density at radius 2 is 1.88 bits per heavy atom. The summed E-state index contributed by atoms with van der Waals surface area (Å²) in [5.41, 5.74) is -4.61. The van der Waals surface area contributed by atoms with E-state index in [1.165, 1.54) is 6.26 Å². The number of halogens is 3. The Morgan fingerprint density at radius 3 is 2.50 bits per heavy atom. The van der Waals surface area contributed by atoms with Gasteiger partial charge in [0.15, 0.2) is 5.78 Å². The number of alkyl halides is 3. The molecule has 1 atom stereocenters. The first kappa shape index (κ1) is 24.5. The van der Waals surface area contributed by atoms with Crippen LogP contribution in [0.2, 0.25) is 0 Å². The van der Waals surface area contributed by atoms with E-state index in [-0.39, 0.29) is 37.3 Å². The van der Waals surface area contributed by atoms with Gasteiger partial charge in [-0.1, -0.05) is 46.0 Å². The maximum Gasteiger partial charge on any atom is 0.425 e. The number of carbonyl (C=O) groups excluding carboxylic acids is 3. The molecule has 3 aliphatic rings. The highest BCUT2D eigenvalue weighted by atomic mass is 19.4. The van der Waals surface area contributed by atoms with E-state index in [2.05, 4.69) is 0 Å². The zero-order chi connectivity index (χ0) is 24.7. The molecular formula is C25H31F3N2O4. The van der Waals surface area contributed by atoms with Crippen molar-refractivity contribution in [3.8, 4) is 0 Å². The van der Waals surface area contributed by atoms with Crippen LogP contribution in [0.5, 0.6) is 0 Å². The zero-order valence-corrected chi connectivity index (χ0v) is 19.6. The number of hydrogen-bond donors (Lipinski definition) is 1. The van der Waals surface area contributed by atoms with Crippen LogP contribution in [-0.4, -0.2) is 34.2 Å². The molecule has 1 aromatic rings. The van der Waals surface area contributed by atoms with Crippen molar-refractivity contribution in [1.29, 1.82) is 0 Å². The molecule has 34 heavy (non-hydrogen) atoms. The summed E-state index contributed by atoms with van der Waals surface area (Å²) in [6.45, 7) is 3.31. The predicted molar refractivity (Wildman–Crippen MR) is 117 cm³/mol. The van der Waals surface area contributed by atoms with Crippen LogP contribution >= 0.6 is 0 Å². The van der Waals surface area contributed by atoms with Gasteiger partial charge >= 0.3 is 6.18 Å². The summed E-state index contributed by atoms with van der Waals surface area (Å²) >= 11 is 0. The van der Waals surface area contributed by atoms with Gasteiger partial charge in [0.2, 0.25) is 11.4 Å². The average Bonchev–Trinajstić information content (AvgIpc) is 3.33. The summed E-state index contributed by atoms with van der Waals surface area (Å²) in [6.07, 6.45) is 1.67.